The average molecular weight is 256 g/mol. The Bertz CT molecular complexity index is 582. The first-order chi connectivity index (χ1) is 9.29. The number of para-hydroxylation sites is 1. The topological polar surface area (TPSA) is 25.4 Å². The zero-order chi connectivity index (χ0) is 13.2. The van der Waals surface area contributed by atoms with E-state index in [1.54, 1.807) is 7.11 Å². The van der Waals surface area contributed by atoms with Crippen molar-refractivity contribution in [3.05, 3.63) is 36.0 Å². The molecule has 1 aromatic heterocycles. The molecular formula is C16H20N2O. The summed E-state index contributed by atoms with van der Waals surface area (Å²) in [6, 6.07) is 11.1. The Labute approximate surface area is 114 Å². The van der Waals surface area contributed by atoms with Crippen molar-refractivity contribution >= 4 is 16.6 Å². The van der Waals surface area contributed by atoms with E-state index in [-0.39, 0.29) is 0 Å². The van der Waals surface area contributed by atoms with E-state index in [2.05, 4.69) is 36.1 Å². The molecule has 0 unspecified atom stereocenters. The van der Waals surface area contributed by atoms with Gasteiger partial charge < -0.3 is 9.64 Å². The number of anilines is 1. The lowest BCUT2D eigenvalue weighted by Gasteiger charge is -2.27. The number of ether oxygens (including phenoxy) is 1. The van der Waals surface area contributed by atoms with Gasteiger partial charge in [0.15, 0.2) is 0 Å². The number of methoxy groups -OCH3 is 1. The molecule has 1 aliphatic rings. The molecule has 3 rings (SSSR count). The number of rotatable bonds is 3. The largest absolute Gasteiger partial charge is 0.383 e. The molecule has 0 radical (unpaired) electrons. The van der Waals surface area contributed by atoms with Gasteiger partial charge in [-0.25, -0.2) is 0 Å². The standard InChI is InChI=1S/C16H20N2O/c1-12-16(18-9-5-7-14(18)11-19-2)10-13-6-3-4-8-15(13)17-12/h3-4,6,8,10,14H,5,7,9,11H2,1-2H3/t14-/m0/s1. The molecule has 0 saturated carbocycles. The third kappa shape index (κ3) is 2.30. The molecule has 1 saturated heterocycles. The molecule has 0 amide bonds. The summed E-state index contributed by atoms with van der Waals surface area (Å²) >= 11 is 0. The SMILES string of the molecule is COC[C@@H]1CCCN1c1cc2ccccc2nc1C. The predicted octanol–water partition coefficient (Wildman–Crippen LogP) is 3.16. The Kier molecular flexibility index (Phi) is 3.38. The lowest BCUT2D eigenvalue weighted by Crippen LogP contribution is -2.33. The molecule has 1 aliphatic heterocycles. The van der Waals surface area contributed by atoms with Gasteiger partial charge >= 0.3 is 0 Å². The van der Waals surface area contributed by atoms with Crippen LogP contribution in [0.3, 0.4) is 0 Å². The lowest BCUT2D eigenvalue weighted by atomic mass is 10.1. The molecule has 3 heteroatoms. The van der Waals surface area contributed by atoms with Crippen LogP contribution in [0.1, 0.15) is 18.5 Å². The molecule has 1 aromatic carbocycles. The van der Waals surface area contributed by atoms with E-state index < -0.39 is 0 Å². The van der Waals surface area contributed by atoms with Crippen molar-refractivity contribution in [2.24, 2.45) is 0 Å². The minimum atomic E-state index is 0.492. The number of benzene rings is 1. The first kappa shape index (κ1) is 12.4. The Morgan fingerprint density at radius 1 is 1.37 bits per heavy atom. The van der Waals surface area contributed by atoms with Crippen molar-refractivity contribution in [3.8, 4) is 0 Å². The Morgan fingerprint density at radius 3 is 3.05 bits per heavy atom. The Balaban J connectivity index is 2.01. The van der Waals surface area contributed by atoms with Crippen molar-refractivity contribution in [2.45, 2.75) is 25.8 Å². The number of nitrogens with zero attached hydrogens (tertiary/aromatic N) is 2. The molecular weight excluding hydrogens is 236 g/mol. The molecule has 19 heavy (non-hydrogen) atoms. The highest BCUT2D eigenvalue weighted by Gasteiger charge is 2.26. The molecule has 0 N–H and O–H groups in total. The van der Waals surface area contributed by atoms with E-state index in [0.29, 0.717) is 6.04 Å². The Morgan fingerprint density at radius 2 is 2.21 bits per heavy atom. The third-order valence-corrected chi connectivity index (χ3v) is 3.93. The lowest BCUT2D eigenvalue weighted by molar-refractivity contribution is 0.181. The molecule has 0 aliphatic carbocycles. The maximum atomic E-state index is 5.34. The molecule has 2 heterocycles. The van der Waals surface area contributed by atoms with Crippen LogP contribution in [0.25, 0.3) is 10.9 Å². The molecule has 1 atom stereocenters. The molecule has 2 aromatic rings. The number of fused-ring (bicyclic) bond motifs is 1. The number of aromatic nitrogens is 1. The highest BCUT2D eigenvalue weighted by molar-refractivity contribution is 5.83. The summed E-state index contributed by atoms with van der Waals surface area (Å²) < 4.78 is 5.34. The fourth-order valence-corrected chi connectivity index (χ4v) is 3.01. The number of hydrogen-bond donors (Lipinski definition) is 0. The van der Waals surface area contributed by atoms with Crippen LogP contribution in [0.5, 0.6) is 0 Å². The quantitative estimate of drug-likeness (QED) is 0.843. The number of hydrogen-bond acceptors (Lipinski definition) is 3. The first-order valence-corrected chi connectivity index (χ1v) is 6.91. The van der Waals surface area contributed by atoms with Crippen molar-refractivity contribution in [1.82, 2.24) is 4.98 Å². The van der Waals surface area contributed by atoms with Crippen LogP contribution in [0.4, 0.5) is 5.69 Å². The van der Waals surface area contributed by atoms with Crippen molar-refractivity contribution < 1.29 is 4.74 Å². The van der Waals surface area contributed by atoms with Gasteiger partial charge in [-0.2, -0.15) is 0 Å². The second-order valence-electron chi connectivity index (χ2n) is 5.23. The van der Waals surface area contributed by atoms with Gasteiger partial charge in [0.25, 0.3) is 0 Å². The van der Waals surface area contributed by atoms with Crippen LogP contribution < -0.4 is 4.90 Å². The van der Waals surface area contributed by atoms with E-state index in [1.807, 2.05) is 6.07 Å². The minimum Gasteiger partial charge on any atom is -0.383 e. The van der Waals surface area contributed by atoms with Gasteiger partial charge in [0.1, 0.15) is 0 Å². The molecule has 3 nitrogen and oxygen atoms in total. The number of aryl methyl sites for hydroxylation is 1. The van der Waals surface area contributed by atoms with E-state index in [4.69, 9.17) is 9.72 Å². The molecule has 100 valence electrons. The van der Waals surface area contributed by atoms with Crippen molar-refractivity contribution in [2.75, 3.05) is 25.2 Å². The van der Waals surface area contributed by atoms with E-state index in [1.165, 1.54) is 23.9 Å². The van der Waals surface area contributed by atoms with Crippen LogP contribution in [-0.4, -0.2) is 31.3 Å². The highest BCUT2D eigenvalue weighted by Crippen LogP contribution is 2.30. The highest BCUT2D eigenvalue weighted by atomic mass is 16.5. The first-order valence-electron chi connectivity index (χ1n) is 6.91. The van der Waals surface area contributed by atoms with Gasteiger partial charge in [-0.1, -0.05) is 18.2 Å². The van der Waals surface area contributed by atoms with E-state index in [0.717, 1.165) is 24.4 Å². The summed E-state index contributed by atoms with van der Waals surface area (Å²) in [6.07, 6.45) is 2.44. The summed E-state index contributed by atoms with van der Waals surface area (Å²) in [4.78, 5) is 7.19. The van der Waals surface area contributed by atoms with E-state index in [9.17, 15) is 0 Å². The maximum absolute atomic E-state index is 5.34. The molecule has 1 fully saturated rings. The van der Waals surface area contributed by atoms with Gasteiger partial charge in [-0.3, -0.25) is 4.98 Å². The van der Waals surface area contributed by atoms with Gasteiger partial charge in [0.05, 0.1) is 29.5 Å². The summed E-state index contributed by atoms with van der Waals surface area (Å²) in [5.74, 6) is 0. The molecule has 0 bridgehead atoms. The van der Waals surface area contributed by atoms with Gasteiger partial charge in [-0.15, -0.1) is 0 Å². The predicted molar refractivity (Wildman–Crippen MR) is 78.7 cm³/mol. The second kappa shape index (κ2) is 5.17. The smallest absolute Gasteiger partial charge is 0.0706 e. The van der Waals surface area contributed by atoms with Gasteiger partial charge in [-0.05, 0) is 31.9 Å². The average Bonchev–Trinajstić information content (AvgIpc) is 2.86. The maximum Gasteiger partial charge on any atom is 0.0706 e. The van der Waals surface area contributed by atoms with Crippen LogP contribution in [0, 0.1) is 6.92 Å². The van der Waals surface area contributed by atoms with Gasteiger partial charge in [0.2, 0.25) is 0 Å². The third-order valence-electron chi connectivity index (χ3n) is 3.93. The van der Waals surface area contributed by atoms with Crippen LogP contribution >= 0.6 is 0 Å². The van der Waals surface area contributed by atoms with Gasteiger partial charge in [0, 0.05) is 19.0 Å². The second-order valence-corrected chi connectivity index (χ2v) is 5.23. The monoisotopic (exact) mass is 256 g/mol. The van der Waals surface area contributed by atoms with E-state index >= 15 is 0 Å². The summed E-state index contributed by atoms with van der Waals surface area (Å²) in [5.41, 5.74) is 3.45. The summed E-state index contributed by atoms with van der Waals surface area (Å²) in [6.45, 7) is 4.01. The van der Waals surface area contributed by atoms with Crippen molar-refractivity contribution in [1.29, 1.82) is 0 Å². The van der Waals surface area contributed by atoms with Crippen LogP contribution in [0.2, 0.25) is 0 Å². The van der Waals surface area contributed by atoms with Crippen LogP contribution in [0.15, 0.2) is 30.3 Å². The van der Waals surface area contributed by atoms with Crippen LogP contribution in [-0.2, 0) is 4.74 Å². The van der Waals surface area contributed by atoms with Crippen molar-refractivity contribution in [3.63, 3.8) is 0 Å². The number of pyridine rings is 1. The summed E-state index contributed by atoms with van der Waals surface area (Å²) in [5, 5.41) is 1.21. The Hall–Kier alpha value is -1.61. The zero-order valence-electron chi connectivity index (χ0n) is 11.6. The normalized spacial score (nSPS) is 19.3. The zero-order valence-corrected chi connectivity index (χ0v) is 11.6. The molecule has 0 spiro atoms. The fourth-order valence-electron chi connectivity index (χ4n) is 3.01. The minimum absolute atomic E-state index is 0.492. The fraction of sp³-hybridized carbons (Fsp3) is 0.438. The summed E-state index contributed by atoms with van der Waals surface area (Å²) in [7, 11) is 1.78.